The Hall–Kier alpha value is -2.53. The van der Waals surface area contributed by atoms with Gasteiger partial charge in [0, 0.05) is 13.1 Å². The lowest BCUT2D eigenvalue weighted by Crippen LogP contribution is -2.43. The number of likely N-dealkylation sites (N-methyl/N-ethyl adjacent to an activating group) is 1. The molecule has 5 nitrogen and oxygen atoms in total. The fourth-order valence-electron chi connectivity index (χ4n) is 3.09. The van der Waals surface area contributed by atoms with E-state index in [0.29, 0.717) is 26.2 Å². The van der Waals surface area contributed by atoms with E-state index < -0.39 is 0 Å². The van der Waals surface area contributed by atoms with Crippen LogP contribution in [0.4, 0.5) is 0 Å². The molecule has 0 spiro atoms. The van der Waals surface area contributed by atoms with Gasteiger partial charge in [0.2, 0.25) is 5.91 Å². The highest BCUT2D eigenvalue weighted by Crippen LogP contribution is 2.30. The second-order valence-electron chi connectivity index (χ2n) is 6.72. The van der Waals surface area contributed by atoms with Crippen LogP contribution in [-0.4, -0.2) is 50.2 Å². The van der Waals surface area contributed by atoms with Crippen LogP contribution in [0.5, 0.6) is 11.5 Å². The number of nitrogens with zero attached hydrogens (tertiary/aromatic N) is 1. The largest absolute Gasteiger partial charge is 0.486 e. The summed E-state index contributed by atoms with van der Waals surface area (Å²) < 4.78 is 11.7. The van der Waals surface area contributed by atoms with E-state index in [1.54, 1.807) is 0 Å². The van der Waals surface area contributed by atoms with Crippen molar-refractivity contribution in [1.82, 2.24) is 10.2 Å². The maximum atomic E-state index is 12.1. The summed E-state index contributed by atoms with van der Waals surface area (Å²) in [6.07, 6.45) is 0.771. The molecule has 1 unspecified atom stereocenters. The van der Waals surface area contributed by atoms with Crippen molar-refractivity contribution >= 4 is 5.91 Å². The minimum atomic E-state index is -0.0744. The van der Waals surface area contributed by atoms with E-state index in [2.05, 4.69) is 24.4 Å². The summed E-state index contributed by atoms with van der Waals surface area (Å²) in [6, 6.07) is 15.9. The fourth-order valence-corrected chi connectivity index (χ4v) is 3.09. The average molecular weight is 354 g/mol. The Morgan fingerprint density at radius 2 is 1.88 bits per heavy atom. The molecule has 0 bridgehead atoms. The predicted molar refractivity (Wildman–Crippen MR) is 102 cm³/mol. The first-order valence-corrected chi connectivity index (χ1v) is 9.00. The monoisotopic (exact) mass is 354 g/mol. The van der Waals surface area contributed by atoms with E-state index in [0.717, 1.165) is 17.9 Å². The van der Waals surface area contributed by atoms with Crippen LogP contribution in [-0.2, 0) is 11.2 Å². The number of carbonyl (C=O) groups excluding carboxylic acids is 1. The molecule has 2 aromatic carbocycles. The van der Waals surface area contributed by atoms with Gasteiger partial charge in [0.05, 0.1) is 6.54 Å². The van der Waals surface area contributed by atoms with Crippen molar-refractivity contribution in [3.8, 4) is 11.5 Å². The number of benzene rings is 2. The minimum Gasteiger partial charge on any atom is -0.486 e. The number of amides is 1. The first-order chi connectivity index (χ1) is 12.6. The van der Waals surface area contributed by atoms with Crippen molar-refractivity contribution < 1.29 is 14.3 Å². The number of hydrogen-bond donors (Lipinski definition) is 1. The highest BCUT2D eigenvalue weighted by Gasteiger charge is 2.22. The molecular weight excluding hydrogens is 328 g/mol. The average Bonchev–Trinajstić information content (AvgIpc) is 2.63. The lowest BCUT2D eigenvalue weighted by atomic mass is 10.1. The Morgan fingerprint density at radius 3 is 2.69 bits per heavy atom. The summed E-state index contributed by atoms with van der Waals surface area (Å²) in [7, 11) is 1.92. The zero-order chi connectivity index (χ0) is 18.4. The molecule has 5 heteroatoms. The maximum Gasteiger partial charge on any atom is 0.234 e. The lowest BCUT2D eigenvalue weighted by molar-refractivity contribution is -0.122. The number of para-hydroxylation sites is 2. The first-order valence-electron chi connectivity index (χ1n) is 9.00. The minimum absolute atomic E-state index is 0.0261. The van der Waals surface area contributed by atoms with Gasteiger partial charge in [0.15, 0.2) is 11.5 Å². The Balaban J connectivity index is 1.39. The van der Waals surface area contributed by atoms with Crippen LogP contribution in [0.3, 0.4) is 0 Å². The summed E-state index contributed by atoms with van der Waals surface area (Å²) >= 11 is 0. The summed E-state index contributed by atoms with van der Waals surface area (Å²) in [4.78, 5) is 14.1. The van der Waals surface area contributed by atoms with E-state index in [9.17, 15) is 4.79 Å². The molecule has 138 valence electrons. The van der Waals surface area contributed by atoms with E-state index in [-0.39, 0.29) is 12.0 Å². The molecule has 0 aromatic heterocycles. The zero-order valence-electron chi connectivity index (χ0n) is 15.4. The van der Waals surface area contributed by atoms with Gasteiger partial charge in [0.25, 0.3) is 0 Å². The molecule has 1 amide bonds. The first kappa shape index (κ1) is 18.3. The van der Waals surface area contributed by atoms with Crippen LogP contribution < -0.4 is 14.8 Å². The number of fused-ring (bicyclic) bond motifs is 1. The van der Waals surface area contributed by atoms with Gasteiger partial charge < -0.3 is 14.8 Å². The maximum absolute atomic E-state index is 12.1. The number of aryl methyl sites for hydroxylation is 1. The predicted octanol–water partition coefficient (Wildman–Crippen LogP) is 2.43. The Bertz CT molecular complexity index is 748. The van der Waals surface area contributed by atoms with Crippen molar-refractivity contribution in [2.75, 3.05) is 33.3 Å². The Kier molecular flexibility index (Phi) is 6.12. The van der Waals surface area contributed by atoms with Crippen LogP contribution in [0.15, 0.2) is 48.5 Å². The van der Waals surface area contributed by atoms with Gasteiger partial charge in [0.1, 0.15) is 12.7 Å². The Morgan fingerprint density at radius 1 is 1.15 bits per heavy atom. The van der Waals surface area contributed by atoms with Gasteiger partial charge in [-0.1, -0.05) is 36.4 Å². The van der Waals surface area contributed by atoms with E-state index >= 15 is 0 Å². The van der Waals surface area contributed by atoms with Crippen LogP contribution in [0.1, 0.15) is 11.1 Å². The standard InChI is InChI=1S/C21H26N2O3/c1-16-7-3-4-8-17(16)11-12-22-21(24)14-23(2)13-18-15-25-19-9-5-6-10-20(19)26-18/h3-10,18H,11-15H2,1-2H3,(H,22,24). The molecule has 0 aliphatic carbocycles. The van der Waals surface area contributed by atoms with Gasteiger partial charge in [-0.15, -0.1) is 0 Å². The normalized spacial score (nSPS) is 15.7. The van der Waals surface area contributed by atoms with E-state index in [1.165, 1.54) is 11.1 Å². The molecule has 0 fully saturated rings. The van der Waals surface area contributed by atoms with Crippen molar-refractivity contribution in [1.29, 1.82) is 0 Å². The molecule has 1 N–H and O–H groups in total. The summed E-state index contributed by atoms with van der Waals surface area (Å²) in [5.74, 6) is 1.57. The van der Waals surface area contributed by atoms with Gasteiger partial charge in [-0.2, -0.15) is 0 Å². The highest BCUT2D eigenvalue weighted by atomic mass is 16.6. The molecule has 1 heterocycles. The van der Waals surface area contributed by atoms with Crippen LogP contribution in [0.25, 0.3) is 0 Å². The molecule has 1 aliphatic rings. The second kappa shape index (κ2) is 8.72. The van der Waals surface area contributed by atoms with Gasteiger partial charge in [-0.3, -0.25) is 9.69 Å². The van der Waals surface area contributed by atoms with Crippen molar-refractivity contribution in [3.63, 3.8) is 0 Å². The molecule has 0 saturated heterocycles. The summed E-state index contributed by atoms with van der Waals surface area (Å²) in [5.41, 5.74) is 2.53. The van der Waals surface area contributed by atoms with Crippen molar-refractivity contribution in [2.45, 2.75) is 19.4 Å². The smallest absolute Gasteiger partial charge is 0.234 e. The quantitative estimate of drug-likeness (QED) is 0.830. The van der Waals surface area contributed by atoms with E-state index in [1.807, 2.05) is 48.3 Å². The zero-order valence-corrected chi connectivity index (χ0v) is 15.4. The van der Waals surface area contributed by atoms with Crippen LogP contribution in [0.2, 0.25) is 0 Å². The van der Waals surface area contributed by atoms with Crippen molar-refractivity contribution in [2.24, 2.45) is 0 Å². The third kappa shape index (κ3) is 4.99. The molecule has 1 aliphatic heterocycles. The third-order valence-electron chi connectivity index (χ3n) is 4.47. The molecule has 26 heavy (non-hydrogen) atoms. The SMILES string of the molecule is Cc1ccccc1CCNC(=O)CN(C)CC1COc2ccccc2O1. The number of carbonyl (C=O) groups is 1. The third-order valence-corrected chi connectivity index (χ3v) is 4.47. The molecule has 1 atom stereocenters. The Labute approximate surface area is 154 Å². The molecule has 2 aromatic rings. The topological polar surface area (TPSA) is 50.8 Å². The van der Waals surface area contributed by atoms with Crippen LogP contribution >= 0.6 is 0 Å². The fraction of sp³-hybridized carbons (Fsp3) is 0.381. The lowest BCUT2D eigenvalue weighted by Gasteiger charge is -2.29. The number of nitrogens with one attached hydrogen (secondary N) is 1. The highest BCUT2D eigenvalue weighted by molar-refractivity contribution is 5.77. The number of rotatable bonds is 7. The van der Waals surface area contributed by atoms with Crippen molar-refractivity contribution in [3.05, 3.63) is 59.7 Å². The number of ether oxygens (including phenoxy) is 2. The van der Waals surface area contributed by atoms with Gasteiger partial charge in [-0.05, 0) is 43.7 Å². The van der Waals surface area contributed by atoms with Gasteiger partial charge >= 0.3 is 0 Å². The van der Waals surface area contributed by atoms with Gasteiger partial charge in [-0.25, -0.2) is 0 Å². The molecule has 0 saturated carbocycles. The molecule has 0 radical (unpaired) electrons. The number of hydrogen-bond acceptors (Lipinski definition) is 4. The second-order valence-corrected chi connectivity index (χ2v) is 6.72. The summed E-state index contributed by atoms with van der Waals surface area (Å²) in [6.45, 7) is 4.22. The van der Waals surface area contributed by atoms with Crippen LogP contribution in [0, 0.1) is 6.92 Å². The van der Waals surface area contributed by atoms with E-state index in [4.69, 9.17) is 9.47 Å². The molecule has 3 rings (SSSR count). The summed E-state index contributed by atoms with van der Waals surface area (Å²) in [5, 5.41) is 2.99. The molecular formula is C21H26N2O3.